The number of nitrogens with two attached hydrogens (primary N) is 1. The summed E-state index contributed by atoms with van der Waals surface area (Å²) in [5.41, 5.74) is 5.64. The summed E-state index contributed by atoms with van der Waals surface area (Å²) in [6, 6.07) is 6.74. The number of ether oxygens (including phenoxy) is 1. The van der Waals surface area contributed by atoms with E-state index in [4.69, 9.17) is 10.5 Å². The molecule has 98 valence electrons. The number of carbonyl (C=O) groups is 1. The summed E-state index contributed by atoms with van der Waals surface area (Å²) in [5, 5.41) is 10.3. The maximum absolute atomic E-state index is 10.9. The second kappa shape index (κ2) is 4.97. The van der Waals surface area contributed by atoms with Crippen LogP contribution in [0.15, 0.2) is 24.3 Å². The number of primary amides is 1. The highest BCUT2D eigenvalue weighted by atomic mass is 32.1. The number of hydrogen-bond donors (Lipinski definition) is 1. The lowest BCUT2D eigenvalue weighted by molar-refractivity contribution is 0.100. The molecule has 1 aromatic carbocycles. The first kappa shape index (κ1) is 12.1. The van der Waals surface area contributed by atoms with Crippen molar-refractivity contribution in [2.24, 2.45) is 5.73 Å². The zero-order valence-electron chi connectivity index (χ0n) is 10.2. The molecule has 2 N–H and O–H groups in total. The van der Waals surface area contributed by atoms with Gasteiger partial charge in [-0.05, 0) is 37.1 Å². The Kier molecular flexibility index (Phi) is 3.16. The van der Waals surface area contributed by atoms with Crippen molar-refractivity contribution in [3.63, 3.8) is 0 Å². The fourth-order valence-electron chi connectivity index (χ4n) is 1.68. The Labute approximate surface area is 114 Å². The third-order valence-electron chi connectivity index (χ3n) is 2.91. The third-order valence-corrected chi connectivity index (χ3v) is 3.97. The van der Waals surface area contributed by atoms with Crippen LogP contribution in [0.2, 0.25) is 0 Å². The molecular weight excluding hydrogens is 262 g/mol. The van der Waals surface area contributed by atoms with E-state index in [-0.39, 0.29) is 0 Å². The van der Waals surface area contributed by atoms with Crippen molar-refractivity contribution in [2.45, 2.75) is 25.4 Å². The smallest absolute Gasteiger partial charge is 0.248 e. The highest BCUT2D eigenvalue weighted by Crippen LogP contribution is 2.41. The van der Waals surface area contributed by atoms with Gasteiger partial charge in [-0.25, -0.2) is 0 Å². The molecule has 19 heavy (non-hydrogen) atoms. The van der Waals surface area contributed by atoms with Crippen LogP contribution in [0.4, 0.5) is 0 Å². The van der Waals surface area contributed by atoms with Crippen LogP contribution >= 0.6 is 11.3 Å². The lowest BCUT2D eigenvalue weighted by atomic mass is 10.2. The van der Waals surface area contributed by atoms with Gasteiger partial charge in [0.15, 0.2) is 5.01 Å². The first-order valence-electron chi connectivity index (χ1n) is 6.07. The normalized spacial score (nSPS) is 14.3. The monoisotopic (exact) mass is 275 g/mol. The van der Waals surface area contributed by atoms with E-state index in [1.807, 2.05) is 0 Å². The average Bonchev–Trinajstić information content (AvgIpc) is 3.16. The highest BCUT2D eigenvalue weighted by molar-refractivity contribution is 7.11. The van der Waals surface area contributed by atoms with Crippen LogP contribution < -0.4 is 10.5 Å². The van der Waals surface area contributed by atoms with Crippen molar-refractivity contribution < 1.29 is 9.53 Å². The number of nitrogens with zero attached hydrogens (tertiary/aromatic N) is 2. The number of aromatic nitrogens is 2. The lowest BCUT2D eigenvalue weighted by Gasteiger charge is -2.03. The number of hydrogen-bond acceptors (Lipinski definition) is 5. The van der Waals surface area contributed by atoms with Gasteiger partial charge in [0.1, 0.15) is 17.4 Å². The second-order valence-corrected chi connectivity index (χ2v) is 5.58. The van der Waals surface area contributed by atoms with Crippen molar-refractivity contribution >= 4 is 17.2 Å². The molecule has 2 aromatic rings. The topological polar surface area (TPSA) is 78.1 Å². The van der Waals surface area contributed by atoms with E-state index in [0.717, 1.165) is 10.0 Å². The SMILES string of the molecule is NC(=O)c1ccc(OCc2nnc(C3CC3)s2)cc1. The van der Waals surface area contributed by atoms with Gasteiger partial charge in [0.2, 0.25) is 5.91 Å². The standard InChI is InChI=1S/C13H13N3O2S/c14-12(17)8-3-5-10(6-4-8)18-7-11-15-16-13(19-11)9-1-2-9/h3-6,9H,1-2,7H2,(H2,14,17). The average molecular weight is 275 g/mol. The summed E-state index contributed by atoms with van der Waals surface area (Å²) in [6.07, 6.45) is 2.45. The van der Waals surface area contributed by atoms with Gasteiger partial charge in [-0.2, -0.15) is 0 Å². The van der Waals surface area contributed by atoms with E-state index in [0.29, 0.717) is 23.8 Å². The molecule has 0 spiro atoms. The van der Waals surface area contributed by atoms with Gasteiger partial charge in [0, 0.05) is 11.5 Å². The van der Waals surface area contributed by atoms with E-state index < -0.39 is 5.91 Å². The summed E-state index contributed by atoms with van der Waals surface area (Å²) >= 11 is 1.61. The van der Waals surface area contributed by atoms with Crippen LogP contribution in [0.5, 0.6) is 5.75 Å². The molecule has 1 saturated carbocycles. The van der Waals surface area contributed by atoms with Gasteiger partial charge >= 0.3 is 0 Å². The van der Waals surface area contributed by atoms with Crippen molar-refractivity contribution in [2.75, 3.05) is 0 Å². The molecule has 1 aromatic heterocycles. The minimum atomic E-state index is -0.440. The number of carbonyl (C=O) groups excluding carboxylic acids is 1. The van der Waals surface area contributed by atoms with Crippen molar-refractivity contribution in [3.05, 3.63) is 39.8 Å². The molecule has 1 aliphatic rings. The van der Waals surface area contributed by atoms with Crippen LogP contribution in [0, 0.1) is 0 Å². The first-order chi connectivity index (χ1) is 9.22. The second-order valence-electron chi connectivity index (χ2n) is 4.49. The zero-order chi connectivity index (χ0) is 13.2. The summed E-state index contributed by atoms with van der Waals surface area (Å²) in [5.74, 6) is 0.874. The fourth-order valence-corrected chi connectivity index (χ4v) is 2.61. The van der Waals surface area contributed by atoms with E-state index >= 15 is 0 Å². The zero-order valence-corrected chi connectivity index (χ0v) is 11.0. The minimum Gasteiger partial charge on any atom is -0.486 e. The van der Waals surface area contributed by atoms with Gasteiger partial charge in [0.25, 0.3) is 0 Å². The molecular formula is C13H13N3O2S. The van der Waals surface area contributed by atoms with Crippen molar-refractivity contribution in [3.8, 4) is 5.75 Å². The Balaban J connectivity index is 1.59. The van der Waals surface area contributed by atoms with Crippen LogP contribution in [-0.2, 0) is 6.61 Å². The Morgan fingerprint density at radius 1 is 1.32 bits per heavy atom. The number of amides is 1. The predicted molar refractivity (Wildman–Crippen MR) is 71.2 cm³/mol. The molecule has 1 aliphatic carbocycles. The molecule has 0 bridgehead atoms. The highest BCUT2D eigenvalue weighted by Gasteiger charge is 2.27. The van der Waals surface area contributed by atoms with E-state index in [9.17, 15) is 4.79 Å². The Morgan fingerprint density at radius 3 is 2.68 bits per heavy atom. The Bertz CT molecular complexity index is 590. The summed E-state index contributed by atoms with van der Waals surface area (Å²) in [7, 11) is 0. The van der Waals surface area contributed by atoms with Gasteiger partial charge in [-0.1, -0.05) is 11.3 Å². The maximum atomic E-state index is 10.9. The largest absolute Gasteiger partial charge is 0.486 e. The Hall–Kier alpha value is -1.95. The molecule has 1 fully saturated rings. The molecule has 0 radical (unpaired) electrons. The number of benzene rings is 1. The Morgan fingerprint density at radius 2 is 2.05 bits per heavy atom. The summed E-state index contributed by atoms with van der Waals surface area (Å²) in [6.45, 7) is 0.403. The van der Waals surface area contributed by atoms with Crippen LogP contribution in [0.25, 0.3) is 0 Å². The quantitative estimate of drug-likeness (QED) is 0.906. The molecule has 0 atom stereocenters. The van der Waals surface area contributed by atoms with Crippen LogP contribution in [0.1, 0.15) is 39.1 Å². The van der Waals surface area contributed by atoms with Gasteiger partial charge < -0.3 is 10.5 Å². The van der Waals surface area contributed by atoms with E-state index in [1.54, 1.807) is 35.6 Å². The molecule has 0 saturated heterocycles. The van der Waals surface area contributed by atoms with Crippen molar-refractivity contribution in [1.29, 1.82) is 0 Å². The first-order valence-corrected chi connectivity index (χ1v) is 6.89. The predicted octanol–water partition coefficient (Wildman–Crippen LogP) is 2.09. The van der Waals surface area contributed by atoms with Crippen LogP contribution in [-0.4, -0.2) is 16.1 Å². The lowest BCUT2D eigenvalue weighted by Crippen LogP contribution is -2.10. The maximum Gasteiger partial charge on any atom is 0.248 e. The molecule has 1 amide bonds. The molecule has 0 aliphatic heterocycles. The van der Waals surface area contributed by atoms with Gasteiger partial charge in [0.05, 0.1) is 0 Å². The minimum absolute atomic E-state index is 0.403. The number of rotatable bonds is 5. The third kappa shape index (κ3) is 2.90. The van der Waals surface area contributed by atoms with Crippen LogP contribution in [0.3, 0.4) is 0 Å². The molecule has 5 nitrogen and oxygen atoms in total. The molecule has 3 rings (SSSR count). The fraction of sp³-hybridized carbons (Fsp3) is 0.308. The van der Waals surface area contributed by atoms with Crippen molar-refractivity contribution in [1.82, 2.24) is 10.2 Å². The molecule has 0 unspecified atom stereocenters. The van der Waals surface area contributed by atoms with E-state index in [1.165, 1.54) is 12.8 Å². The van der Waals surface area contributed by atoms with Gasteiger partial charge in [-0.15, -0.1) is 10.2 Å². The van der Waals surface area contributed by atoms with E-state index in [2.05, 4.69) is 10.2 Å². The molecule has 1 heterocycles. The molecule has 6 heteroatoms. The summed E-state index contributed by atoms with van der Waals surface area (Å²) in [4.78, 5) is 10.9. The van der Waals surface area contributed by atoms with Gasteiger partial charge in [-0.3, -0.25) is 4.79 Å². The summed E-state index contributed by atoms with van der Waals surface area (Å²) < 4.78 is 5.60.